The molecule has 1 aliphatic heterocycles. The molecule has 1 heterocycles. The van der Waals surface area contributed by atoms with E-state index in [2.05, 4.69) is 28.4 Å². The lowest BCUT2D eigenvalue weighted by molar-refractivity contribution is 0.542. The first-order valence-corrected chi connectivity index (χ1v) is 9.40. The normalized spacial score (nSPS) is 19.4. The van der Waals surface area contributed by atoms with Crippen LogP contribution in [0.15, 0.2) is 24.3 Å². The van der Waals surface area contributed by atoms with Crippen molar-refractivity contribution in [3.8, 4) is 0 Å². The average Bonchev–Trinajstić information content (AvgIpc) is 2.64. The molecular weight excluding hydrogens is 284 g/mol. The lowest BCUT2D eigenvalue weighted by Gasteiger charge is -2.26. The zero-order chi connectivity index (χ0) is 15.5. The lowest BCUT2D eigenvalue weighted by Crippen LogP contribution is -2.32. The number of sulfone groups is 1. The van der Waals surface area contributed by atoms with E-state index in [1.54, 1.807) is 13.8 Å². The minimum Gasteiger partial charge on any atom is -0.370 e. The van der Waals surface area contributed by atoms with E-state index in [9.17, 15) is 8.42 Å². The Bertz CT molecular complexity index is 569. The average molecular weight is 310 g/mol. The third kappa shape index (κ3) is 3.77. The molecule has 1 aromatic carbocycles. The van der Waals surface area contributed by atoms with E-state index < -0.39 is 9.84 Å². The number of nitrogens with zero attached hydrogens (tertiary/aromatic N) is 1. The smallest absolute Gasteiger partial charge is 0.154 e. The van der Waals surface area contributed by atoms with Gasteiger partial charge in [-0.25, -0.2) is 8.42 Å². The zero-order valence-electron chi connectivity index (χ0n) is 13.2. The Balaban J connectivity index is 2.20. The van der Waals surface area contributed by atoms with E-state index >= 15 is 0 Å². The van der Waals surface area contributed by atoms with E-state index in [1.165, 1.54) is 11.3 Å². The molecule has 1 atom stereocenters. The van der Waals surface area contributed by atoms with Gasteiger partial charge in [0.2, 0.25) is 0 Å². The van der Waals surface area contributed by atoms with Crippen LogP contribution in [0.2, 0.25) is 0 Å². The van der Waals surface area contributed by atoms with Crippen molar-refractivity contribution >= 4 is 15.5 Å². The minimum absolute atomic E-state index is 0.225. The molecule has 0 aliphatic carbocycles. The van der Waals surface area contributed by atoms with Gasteiger partial charge in [-0.15, -0.1) is 0 Å². The summed E-state index contributed by atoms with van der Waals surface area (Å²) in [6.07, 6.45) is 2.16. The van der Waals surface area contributed by atoms with E-state index in [0.29, 0.717) is 12.6 Å². The number of anilines is 1. The van der Waals surface area contributed by atoms with Crippen molar-refractivity contribution in [2.75, 3.05) is 30.8 Å². The van der Waals surface area contributed by atoms with Gasteiger partial charge < -0.3 is 10.2 Å². The highest BCUT2D eigenvalue weighted by atomic mass is 32.2. The molecule has 1 unspecified atom stereocenters. The molecule has 1 aliphatic rings. The number of benzene rings is 1. The monoisotopic (exact) mass is 310 g/mol. The summed E-state index contributed by atoms with van der Waals surface area (Å²) in [6, 6.07) is 8.69. The van der Waals surface area contributed by atoms with Crippen LogP contribution in [-0.4, -0.2) is 39.6 Å². The van der Waals surface area contributed by atoms with Crippen LogP contribution < -0.4 is 10.2 Å². The van der Waals surface area contributed by atoms with Crippen LogP contribution in [0.25, 0.3) is 0 Å². The Kier molecular flexibility index (Phi) is 5.27. The summed E-state index contributed by atoms with van der Waals surface area (Å²) in [5.74, 6) is 0.225. The molecule has 0 saturated carbocycles. The number of nitrogens with one attached hydrogen (secondary N) is 1. The number of hydrogen-bond acceptors (Lipinski definition) is 4. The van der Waals surface area contributed by atoms with Crippen molar-refractivity contribution in [2.24, 2.45) is 0 Å². The molecule has 1 aromatic rings. The Morgan fingerprint density at radius 3 is 2.71 bits per heavy atom. The molecule has 1 N–H and O–H groups in total. The molecule has 0 aromatic heterocycles. The highest BCUT2D eigenvalue weighted by Crippen LogP contribution is 2.32. The second-order valence-corrected chi connectivity index (χ2v) is 8.62. The molecule has 4 nitrogen and oxygen atoms in total. The largest absolute Gasteiger partial charge is 0.370 e. The van der Waals surface area contributed by atoms with Crippen molar-refractivity contribution in [1.29, 1.82) is 0 Å². The number of rotatable bonds is 5. The Morgan fingerprint density at radius 1 is 1.33 bits per heavy atom. The molecule has 118 valence electrons. The quantitative estimate of drug-likeness (QED) is 0.907. The third-order valence-electron chi connectivity index (χ3n) is 4.29. The predicted octanol–water partition coefficient (Wildman–Crippen LogP) is 2.37. The van der Waals surface area contributed by atoms with Crippen LogP contribution in [0.3, 0.4) is 0 Å². The molecule has 0 fully saturated rings. The van der Waals surface area contributed by atoms with E-state index in [1.807, 2.05) is 13.1 Å². The first kappa shape index (κ1) is 16.3. The first-order valence-electron chi connectivity index (χ1n) is 7.68. The van der Waals surface area contributed by atoms with Crippen LogP contribution in [0.1, 0.15) is 38.3 Å². The molecule has 21 heavy (non-hydrogen) atoms. The van der Waals surface area contributed by atoms with Crippen molar-refractivity contribution < 1.29 is 8.42 Å². The van der Waals surface area contributed by atoms with E-state index in [-0.39, 0.29) is 11.0 Å². The van der Waals surface area contributed by atoms with Crippen molar-refractivity contribution in [1.82, 2.24) is 5.32 Å². The SMILES string of the molecule is CNC1CCCN(CCS(=O)(=O)C(C)C)c2ccccc21. The summed E-state index contributed by atoms with van der Waals surface area (Å²) >= 11 is 0. The highest BCUT2D eigenvalue weighted by Gasteiger charge is 2.23. The van der Waals surface area contributed by atoms with Crippen molar-refractivity contribution in [2.45, 2.75) is 38.0 Å². The zero-order valence-corrected chi connectivity index (χ0v) is 14.0. The predicted molar refractivity (Wildman–Crippen MR) is 88.6 cm³/mol. The van der Waals surface area contributed by atoms with Crippen LogP contribution in [0.4, 0.5) is 5.69 Å². The third-order valence-corrected chi connectivity index (χ3v) is 6.47. The van der Waals surface area contributed by atoms with Gasteiger partial charge in [-0.3, -0.25) is 0 Å². The fourth-order valence-electron chi connectivity index (χ4n) is 2.84. The Morgan fingerprint density at radius 2 is 2.05 bits per heavy atom. The second-order valence-electron chi connectivity index (χ2n) is 5.95. The fraction of sp³-hybridized carbons (Fsp3) is 0.625. The fourth-order valence-corrected chi connectivity index (χ4v) is 3.78. The van der Waals surface area contributed by atoms with Gasteiger partial charge in [0.15, 0.2) is 9.84 Å². The van der Waals surface area contributed by atoms with E-state index in [4.69, 9.17) is 0 Å². The van der Waals surface area contributed by atoms with Gasteiger partial charge in [-0.05, 0) is 45.4 Å². The molecule has 0 bridgehead atoms. The van der Waals surface area contributed by atoms with Crippen molar-refractivity contribution in [3.05, 3.63) is 29.8 Å². The summed E-state index contributed by atoms with van der Waals surface area (Å²) in [5.41, 5.74) is 2.45. The summed E-state index contributed by atoms with van der Waals surface area (Å²) in [6.45, 7) is 5.00. The van der Waals surface area contributed by atoms with Crippen LogP contribution in [0, 0.1) is 0 Å². The standard InChI is InChI=1S/C16H26N2O2S/c1-13(2)21(19,20)12-11-18-10-6-8-15(17-3)14-7-4-5-9-16(14)18/h4-5,7,9,13,15,17H,6,8,10-12H2,1-3H3. The summed E-state index contributed by atoms with van der Waals surface area (Å²) in [7, 11) is -1.00. The van der Waals surface area contributed by atoms with Gasteiger partial charge in [0.25, 0.3) is 0 Å². The van der Waals surface area contributed by atoms with Crippen LogP contribution in [0.5, 0.6) is 0 Å². The summed E-state index contributed by atoms with van der Waals surface area (Å²) in [5, 5.41) is 3.07. The number of para-hydroxylation sites is 1. The molecule has 5 heteroatoms. The second kappa shape index (κ2) is 6.79. The highest BCUT2D eigenvalue weighted by molar-refractivity contribution is 7.92. The molecular formula is C16H26N2O2S. The van der Waals surface area contributed by atoms with Gasteiger partial charge >= 0.3 is 0 Å². The maximum Gasteiger partial charge on any atom is 0.154 e. The van der Waals surface area contributed by atoms with Gasteiger partial charge in [-0.2, -0.15) is 0 Å². The molecule has 0 radical (unpaired) electrons. The molecule has 0 spiro atoms. The summed E-state index contributed by atoms with van der Waals surface area (Å²) < 4.78 is 24.1. The maximum atomic E-state index is 12.1. The number of fused-ring (bicyclic) bond motifs is 1. The van der Waals surface area contributed by atoms with Gasteiger partial charge in [0.1, 0.15) is 0 Å². The minimum atomic E-state index is -2.99. The van der Waals surface area contributed by atoms with Crippen LogP contribution in [-0.2, 0) is 9.84 Å². The summed E-state index contributed by atoms with van der Waals surface area (Å²) in [4.78, 5) is 2.23. The first-order chi connectivity index (χ1) is 9.95. The topological polar surface area (TPSA) is 49.4 Å². The number of hydrogen-bond donors (Lipinski definition) is 1. The van der Waals surface area contributed by atoms with Gasteiger partial charge in [0.05, 0.1) is 11.0 Å². The van der Waals surface area contributed by atoms with Crippen molar-refractivity contribution in [3.63, 3.8) is 0 Å². The van der Waals surface area contributed by atoms with Crippen LogP contribution >= 0.6 is 0 Å². The van der Waals surface area contributed by atoms with Gasteiger partial charge in [-0.1, -0.05) is 18.2 Å². The molecule has 2 rings (SSSR count). The van der Waals surface area contributed by atoms with E-state index in [0.717, 1.165) is 19.4 Å². The molecule has 0 amide bonds. The lowest BCUT2D eigenvalue weighted by atomic mass is 10.0. The Hall–Kier alpha value is -1.07. The maximum absolute atomic E-state index is 12.1. The molecule has 0 saturated heterocycles. The Labute approximate surface area is 128 Å². The van der Waals surface area contributed by atoms with Gasteiger partial charge in [0, 0.05) is 24.8 Å².